The van der Waals surface area contributed by atoms with Crippen LogP contribution in [0.2, 0.25) is 0 Å². The fraction of sp³-hybridized carbons (Fsp3) is 0.400. The molecule has 0 amide bonds. The van der Waals surface area contributed by atoms with Gasteiger partial charge in [0.05, 0.1) is 0 Å². The van der Waals surface area contributed by atoms with E-state index in [-0.39, 0.29) is 0 Å². The van der Waals surface area contributed by atoms with E-state index in [1.165, 1.54) is 29.3 Å². The normalized spacial score (nSPS) is 8.87. The maximum absolute atomic E-state index is 2.24. The molecule has 0 fully saturated rings. The molecule has 3 aromatic rings. The van der Waals surface area contributed by atoms with Gasteiger partial charge in [-0.25, -0.2) is 0 Å². The molecule has 0 saturated heterocycles. The van der Waals surface area contributed by atoms with E-state index in [0.717, 1.165) is 0 Å². The molecule has 0 atom stereocenters. The smallest absolute Gasteiger partial charge is 0.0449 e. The largest absolute Gasteiger partial charge is 0.140 e. The van der Waals surface area contributed by atoms with Gasteiger partial charge in [0, 0.05) is 29.3 Å². The molecule has 0 saturated carbocycles. The molecule has 0 aliphatic heterocycles. The van der Waals surface area contributed by atoms with Crippen LogP contribution in [0.4, 0.5) is 0 Å². The highest BCUT2D eigenvalue weighted by molar-refractivity contribution is 7.26. The van der Waals surface area contributed by atoms with Gasteiger partial charge in [-0.05, 0) is 50.2 Å². The Morgan fingerprint density at radius 1 is 0.435 bits per heavy atom. The fourth-order valence-corrected chi connectivity index (χ4v) is 4.66. The van der Waals surface area contributed by atoms with E-state index in [1.807, 2.05) is 75.6 Å². The van der Waals surface area contributed by atoms with Gasteiger partial charge < -0.3 is 0 Å². The van der Waals surface area contributed by atoms with Crippen molar-refractivity contribution in [2.75, 3.05) is 0 Å². The molecule has 0 nitrogen and oxygen atoms in total. The average molecular weight is 367 g/mol. The summed E-state index contributed by atoms with van der Waals surface area (Å²) in [6, 6.07) is 13.3. The van der Waals surface area contributed by atoms with Crippen LogP contribution < -0.4 is 0 Å². The Labute approximate surface area is 154 Å². The van der Waals surface area contributed by atoms with Gasteiger partial charge in [-0.2, -0.15) is 0 Å². The Bertz CT molecular complexity index is 586. The highest BCUT2D eigenvalue weighted by Gasteiger charge is 2.07. The Kier molecular flexibility index (Phi) is 12.0. The lowest BCUT2D eigenvalue weighted by atomic mass is 10.3. The summed E-state index contributed by atoms with van der Waals surface area (Å²) in [4.78, 5) is 8.27. The van der Waals surface area contributed by atoms with Gasteiger partial charge in [0.25, 0.3) is 0 Å². The standard InChI is InChI=1S/C14H12S3.3C2H6/c1-9-3-5-11(15-9)13-7-8-14(17-13)12-6-4-10(2)16-12;3*1-2/h3-8H,1-2H3;3*1-2H3. The second-order valence-corrected chi connectivity index (χ2v) is 7.64. The highest BCUT2D eigenvalue weighted by Crippen LogP contribution is 2.39. The van der Waals surface area contributed by atoms with Crippen molar-refractivity contribution in [3.8, 4) is 19.5 Å². The van der Waals surface area contributed by atoms with Crippen LogP contribution in [-0.4, -0.2) is 0 Å². The number of hydrogen-bond donors (Lipinski definition) is 0. The first-order chi connectivity index (χ1) is 11.2. The molecule has 0 aliphatic rings. The fourth-order valence-electron chi connectivity index (χ4n) is 1.74. The van der Waals surface area contributed by atoms with Gasteiger partial charge in [0.2, 0.25) is 0 Å². The molecule has 3 rings (SSSR count). The quantitative estimate of drug-likeness (QED) is 0.424. The van der Waals surface area contributed by atoms with Crippen LogP contribution in [0.5, 0.6) is 0 Å². The summed E-state index contributed by atoms with van der Waals surface area (Å²) in [5, 5.41) is 0. The van der Waals surface area contributed by atoms with Crippen LogP contribution in [0.25, 0.3) is 19.5 Å². The van der Waals surface area contributed by atoms with Crippen molar-refractivity contribution in [3.05, 3.63) is 46.2 Å². The molecule has 0 unspecified atom stereocenters. The zero-order valence-corrected chi connectivity index (χ0v) is 18.1. The van der Waals surface area contributed by atoms with Gasteiger partial charge >= 0.3 is 0 Å². The van der Waals surface area contributed by atoms with Crippen LogP contribution in [-0.2, 0) is 0 Å². The zero-order chi connectivity index (χ0) is 17.8. The minimum atomic E-state index is 1.38. The highest BCUT2D eigenvalue weighted by atomic mass is 32.1. The van der Waals surface area contributed by atoms with Crippen molar-refractivity contribution >= 4 is 34.0 Å². The maximum Gasteiger partial charge on any atom is 0.0449 e. The van der Waals surface area contributed by atoms with Crippen LogP contribution >= 0.6 is 34.0 Å². The predicted molar refractivity (Wildman–Crippen MR) is 114 cm³/mol. The molecule has 3 aromatic heterocycles. The summed E-state index contributed by atoms with van der Waals surface area (Å²) in [6.07, 6.45) is 0. The number of rotatable bonds is 2. The lowest BCUT2D eigenvalue weighted by Gasteiger charge is -1.90. The summed E-state index contributed by atoms with van der Waals surface area (Å²) < 4.78 is 0. The Morgan fingerprint density at radius 3 is 0.957 bits per heavy atom. The van der Waals surface area contributed by atoms with Crippen molar-refractivity contribution in [2.45, 2.75) is 55.4 Å². The van der Waals surface area contributed by atoms with Crippen molar-refractivity contribution in [2.24, 2.45) is 0 Å². The van der Waals surface area contributed by atoms with Crippen LogP contribution in [0, 0.1) is 13.8 Å². The minimum Gasteiger partial charge on any atom is -0.140 e. The summed E-state index contributed by atoms with van der Waals surface area (Å²) in [6.45, 7) is 16.3. The van der Waals surface area contributed by atoms with Crippen molar-refractivity contribution < 1.29 is 0 Å². The first-order valence-electron chi connectivity index (χ1n) is 8.46. The molecular formula is C20H30S3. The summed E-state index contributed by atoms with van der Waals surface area (Å²) in [5.41, 5.74) is 0. The lowest BCUT2D eigenvalue weighted by molar-refractivity contribution is 1.50. The van der Waals surface area contributed by atoms with Gasteiger partial charge in [-0.15, -0.1) is 34.0 Å². The number of thiophene rings is 3. The Morgan fingerprint density at radius 2 is 0.696 bits per heavy atom. The molecule has 0 bridgehead atoms. The van der Waals surface area contributed by atoms with E-state index in [0.29, 0.717) is 0 Å². The average Bonchev–Trinajstić information content (AvgIpc) is 3.33. The Balaban J connectivity index is 0.000000728. The SMILES string of the molecule is CC.CC.CC.Cc1ccc(-c2ccc(-c3ccc(C)s3)s2)s1. The van der Waals surface area contributed by atoms with Crippen LogP contribution in [0.15, 0.2) is 36.4 Å². The van der Waals surface area contributed by atoms with Crippen LogP contribution in [0.1, 0.15) is 51.3 Å². The van der Waals surface area contributed by atoms with Crippen molar-refractivity contribution in [3.63, 3.8) is 0 Å². The predicted octanol–water partition coefficient (Wildman–Crippen LogP) is 8.90. The molecule has 0 spiro atoms. The lowest BCUT2D eigenvalue weighted by Crippen LogP contribution is -1.57. The summed E-state index contributed by atoms with van der Waals surface area (Å²) in [7, 11) is 0. The molecule has 3 heteroatoms. The molecule has 0 radical (unpaired) electrons. The van der Waals surface area contributed by atoms with E-state index in [9.17, 15) is 0 Å². The van der Waals surface area contributed by atoms with Gasteiger partial charge in [-0.1, -0.05) is 41.5 Å². The molecular weight excluding hydrogens is 336 g/mol. The number of aryl methyl sites for hydroxylation is 2. The zero-order valence-electron chi connectivity index (χ0n) is 15.7. The molecule has 128 valence electrons. The third-order valence-electron chi connectivity index (χ3n) is 2.57. The Hall–Kier alpha value is -0.900. The van der Waals surface area contributed by atoms with Crippen molar-refractivity contribution in [1.82, 2.24) is 0 Å². The first kappa shape index (κ1) is 22.1. The minimum absolute atomic E-state index is 1.38. The van der Waals surface area contributed by atoms with E-state index >= 15 is 0 Å². The first-order valence-corrected chi connectivity index (χ1v) is 10.9. The second kappa shape index (κ2) is 12.5. The van der Waals surface area contributed by atoms with E-state index < -0.39 is 0 Å². The van der Waals surface area contributed by atoms with Gasteiger partial charge in [0.15, 0.2) is 0 Å². The monoisotopic (exact) mass is 366 g/mol. The van der Waals surface area contributed by atoms with Crippen molar-refractivity contribution in [1.29, 1.82) is 0 Å². The van der Waals surface area contributed by atoms with E-state index in [4.69, 9.17) is 0 Å². The summed E-state index contributed by atoms with van der Waals surface area (Å²) in [5.74, 6) is 0. The molecule has 23 heavy (non-hydrogen) atoms. The third-order valence-corrected chi connectivity index (χ3v) is 6.05. The third kappa shape index (κ3) is 6.62. The van der Waals surface area contributed by atoms with E-state index in [2.05, 4.69) is 50.2 Å². The second-order valence-electron chi connectivity index (χ2n) is 3.98. The van der Waals surface area contributed by atoms with E-state index in [1.54, 1.807) is 0 Å². The summed E-state index contributed by atoms with van der Waals surface area (Å²) >= 11 is 5.62. The molecule has 0 aromatic carbocycles. The van der Waals surface area contributed by atoms with Crippen LogP contribution in [0.3, 0.4) is 0 Å². The van der Waals surface area contributed by atoms with Gasteiger partial charge in [0.1, 0.15) is 0 Å². The topological polar surface area (TPSA) is 0 Å². The molecule has 0 N–H and O–H groups in total. The van der Waals surface area contributed by atoms with Gasteiger partial charge in [-0.3, -0.25) is 0 Å². The number of hydrogen-bond acceptors (Lipinski definition) is 3. The molecule has 0 aliphatic carbocycles. The molecule has 3 heterocycles. The maximum atomic E-state index is 2.24.